The number of aryl methyl sites for hydroxylation is 1. The molecule has 0 aromatic heterocycles. The minimum atomic E-state index is -3.92. The first-order chi connectivity index (χ1) is 14.2. The van der Waals surface area contributed by atoms with E-state index in [9.17, 15) is 16.8 Å². The van der Waals surface area contributed by atoms with Crippen molar-refractivity contribution in [2.45, 2.75) is 29.5 Å². The molecule has 1 heterocycles. The quantitative estimate of drug-likeness (QED) is 0.650. The first-order valence-electron chi connectivity index (χ1n) is 9.61. The lowest BCUT2D eigenvalue weighted by Gasteiger charge is -2.21. The summed E-state index contributed by atoms with van der Waals surface area (Å²) in [6.07, 6.45) is 0.619. The highest BCUT2D eigenvalue weighted by Crippen LogP contribution is 2.32. The average Bonchev–Trinajstić information content (AvgIpc) is 3.03. The van der Waals surface area contributed by atoms with Crippen molar-refractivity contribution < 1.29 is 26.3 Å². The third kappa shape index (κ3) is 4.96. The molecule has 0 amide bonds. The summed E-state index contributed by atoms with van der Waals surface area (Å²) in [6.45, 7) is 2.23. The van der Waals surface area contributed by atoms with Gasteiger partial charge in [-0.25, -0.2) is 16.8 Å². The zero-order valence-electron chi connectivity index (χ0n) is 17.3. The summed E-state index contributed by atoms with van der Waals surface area (Å²) in [5.41, 5.74) is 1.78. The summed E-state index contributed by atoms with van der Waals surface area (Å²) in [4.78, 5) is 0.0340. The van der Waals surface area contributed by atoms with Crippen LogP contribution in [-0.4, -0.2) is 60.4 Å². The van der Waals surface area contributed by atoms with Crippen molar-refractivity contribution in [2.24, 2.45) is 0 Å². The molecule has 2 aromatic carbocycles. The largest absolute Gasteiger partial charge is 0.497 e. The van der Waals surface area contributed by atoms with Gasteiger partial charge in [0.25, 0.3) is 0 Å². The Morgan fingerprint density at radius 2 is 1.83 bits per heavy atom. The molecule has 1 aliphatic heterocycles. The Labute approximate surface area is 178 Å². The minimum absolute atomic E-state index is 0.0340. The predicted molar refractivity (Wildman–Crippen MR) is 116 cm³/mol. The minimum Gasteiger partial charge on any atom is -0.497 e. The van der Waals surface area contributed by atoms with E-state index >= 15 is 0 Å². The van der Waals surface area contributed by atoms with Gasteiger partial charge < -0.3 is 14.8 Å². The third-order valence-electron chi connectivity index (χ3n) is 5.28. The van der Waals surface area contributed by atoms with Crippen LogP contribution in [-0.2, 0) is 26.1 Å². The fourth-order valence-corrected chi connectivity index (χ4v) is 8.67. The van der Waals surface area contributed by atoms with Crippen LogP contribution in [0.5, 0.6) is 11.5 Å². The number of hydrogen-bond donors (Lipinski definition) is 1. The van der Waals surface area contributed by atoms with Gasteiger partial charge in [-0.1, -0.05) is 18.2 Å². The molecular weight excluding hydrogens is 426 g/mol. The highest BCUT2D eigenvalue weighted by molar-refractivity contribution is 7.96. The number of ether oxygens (including phenoxy) is 2. The molecule has 0 spiro atoms. The average molecular weight is 454 g/mol. The van der Waals surface area contributed by atoms with E-state index < -0.39 is 36.7 Å². The van der Waals surface area contributed by atoms with Crippen molar-refractivity contribution in [3.63, 3.8) is 0 Å². The summed E-state index contributed by atoms with van der Waals surface area (Å²) in [5, 5.41) is 2.10. The van der Waals surface area contributed by atoms with E-state index in [-0.39, 0.29) is 16.4 Å². The van der Waals surface area contributed by atoms with Gasteiger partial charge in [-0.15, -0.1) is 0 Å². The zero-order chi connectivity index (χ0) is 21.9. The van der Waals surface area contributed by atoms with Crippen LogP contribution in [0.3, 0.4) is 0 Å². The van der Waals surface area contributed by atoms with Crippen molar-refractivity contribution in [2.75, 3.05) is 32.3 Å². The molecule has 1 saturated heterocycles. The van der Waals surface area contributed by atoms with Crippen LogP contribution in [0.2, 0.25) is 0 Å². The van der Waals surface area contributed by atoms with Gasteiger partial charge in [0.2, 0.25) is 0 Å². The topological polar surface area (TPSA) is 98.8 Å². The van der Waals surface area contributed by atoms with Gasteiger partial charge in [-0.3, -0.25) is 0 Å². The summed E-state index contributed by atoms with van der Waals surface area (Å²) >= 11 is 0. The van der Waals surface area contributed by atoms with E-state index in [2.05, 4.69) is 5.32 Å². The summed E-state index contributed by atoms with van der Waals surface area (Å²) in [5.74, 6) is 0.356. The smallest absolute Gasteiger partial charge is 0.187 e. The van der Waals surface area contributed by atoms with Crippen LogP contribution in [0, 0.1) is 6.92 Å². The van der Waals surface area contributed by atoms with Gasteiger partial charge in [0.05, 0.1) is 31.0 Å². The normalized spacial score (nSPS) is 20.8. The number of hydrogen-bond acceptors (Lipinski definition) is 7. The Kier molecular flexibility index (Phi) is 6.74. The highest BCUT2D eigenvalue weighted by Gasteiger charge is 2.46. The molecule has 0 bridgehead atoms. The molecule has 1 aliphatic rings. The number of nitrogens with one attached hydrogen (secondary N) is 1. The van der Waals surface area contributed by atoms with Gasteiger partial charge in [-0.2, -0.15) is 0 Å². The van der Waals surface area contributed by atoms with Crippen molar-refractivity contribution in [3.05, 3.63) is 53.6 Å². The highest BCUT2D eigenvalue weighted by atomic mass is 32.2. The van der Waals surface area contributed by atoms with E-state index in [1.165, 1.54) is 13.2 Å². The van der Waals surface area contributed by atoms with Crippen molar-refractivity contribution in [3.8, 4) is 11.5 Å². The van der Waals surface area contributed by atoms with Crippen LogP contribution in [0.15, 0.2) is 47.4 Å². The maximum Gasteiger partial charge on any atom is 0.187 e. The molecular formula is C21H27NO6S2. The first kappa shape index (κ1) is 22.6. The van der Waals surface area contributed by atoms with Crippen molar-refractivity contribution in [1.82, 2.24) is 5.32 Å². The standard InChI is InChI=1S/C21H27NO6S2/c1-15-7-8-19(28-3)20(11-15)30(25,26)21-14-29(23,24)13-18(21)22-10-9-16-5-4-6-17(12-16)27-2/h4-8,11-12,18,21-22H,9-10,13-14H2,1-3H3/t18-,21-/m0/s1. The van der Waals surface area contributed by atoms with Gasteiger partial charge in [0.1, 0.15) is 16.4 Å². The Bertz CT molecular complexity index is 1110. The maximum atomic E-state index is 13.4. The van der Waals surface area contributed by atoms with Gasteiger partial charge in [-0.05, 0) is 55.3 Å². The monoisotopic (exact) mass is 453 g/mol. The summed E-state index contributed by atoms with van der Waals surface area (Å²) in [6, 6.07) is 11.8. The lowest BCUT2D eigenvalue weighted by Crippen LogP contribution is -2.44. The molecule has 9 heteroatoms. The maximum absolute atomic E-state index is 13.4. The number of benzene rings is 2. The zero-order valence-corrected chi connectivity index (χ0v) is 18.9. The van der Waals surface area contributed by atoms with Gasteiger partial charge in [0, 0.05) is 6.04 Å². The lowest BCUT2D eigenvalue weighted by molar-refractivity contribution is 0.402. The molecule has 30 heavy (non-hydrogen) atoms. The molecule has 1 fully saturated rings. The SMILES string of the molecule is COc1cccc(CCN[C@H]2CS(=O)(=O)C[C@@H]2S(=O)(=O)c2cc(C)ccc2OC)c1. The first-order valence-corrected chi connectivity index (χ1v) is 13.0. The molecule has 3 rings (SSSR count). The van der Waals surface area contributed by atoms with Crippen LogP contribution < -0.4 is 14.8 Å². The second-order valence-corrected chi connectivity index (χ2v) is 11.8. The van der Waals surface area contributed by atoms with Gasteiger partial charge in [0.15, 0.2) is 19.7 Å². The summed E-state index contributed by atoms with van der Waals surface area (Å²) in [7, 11) is -4.40. The molecule has 7 nitrogen and oxygen atoms in total. The fourth-order valence-electron chi connectivity index (χ4n) is 3.71. The van der Waals surface area contributed by atoms with E-state index in [1.54, 1.807) is 26.2 Å². The summed E-state index contributed by atoms with van der Waals surface area (Å²) < 4.78 is 61.8. The number of methoxy groups -OCH3 is 2. The molecule has 164 valence electrons. The van der Waals surface area contributed by atoms with E-state index in [0.29, 0.717) is 13.0 Å². The van der Waals surface area contributed by atoms with Crippen LogP contribution in [0.25, 0.3) is 0 Å². The molecule has 0 unspecified atom stereocenters. The van der Waals surface area contributed by atoms with E-state index in [0.717, 1.165) is 16.9 Å². The van der Waals surface area contributed by atoms with Crippen LogP contribution >= 0.6 is 0 Å². The van der Waals surface area contributed by atoms with Crippen LogP contribution in [0.4, 0.5) is 0 Å². The molecule has 0 radical (unpaired) electrons. The molecule has 2 atom stereocenters. The Morgan fingerprint density at radius 3 is 2.53 bits per heavy atom. The number of rotatable bonds is 8. The molecule has 0 aliphatic carbocycles. The molecule has 2 aromatic rings. The predicted octanol–water partition coefficient (Wildman–Crippen LogP) is 1.78. The van der Waals surface area contributed by atoms with Crippen molar-refractivity contribution in [1.29, 1.82) is 0 Å². The third-order valence-corrected chi connectivity index (χ3v) is 9.45. The van der Waals surface area contributed by atoms with E-state index in [1.807, 2.05) is 24.3 Å². The second-order valence-electron chi connectivity index (χ2n) is 7.48. The lowest BCUT2D eigenvalue weighted by atomic mass is 10.1. The van der Waals surface area contributed by atoms with Crippen LogP contribution in [0.1, 0.15) is 11.1 Å². The Hall–Kier alpha value is -2.10. The molecule has 1 N–H and O–H groups in total. The second kappa shape index (κ2) is 8.95. The van der Waals surface area contributed by atoms with Gasteiger partial charge >= 0.3 is 0 Å². The molecule has 0 saturated carbocycles. The van der Waals surface area contributed by atoms with E-state index in [4.69, 9.17) is 9.47 Å². The fraction of sp³-hybridized carbons (Fsp3) is 0.429. The number of sulfone groups is 2. The Morgan fingerprint density at radius 1 is 1.07 bits per heavy atom. The van der Waals surface area contributed by atoms with Crippen molar-refractivity contribution >= 4 is 19.7 Å². The Balaban J connectivity index is 1.81.